The molecule has 5 heteroatoms. The van der Waals surface area contributed by atoms with Crippen LogP contribution in [-0.2, 0) is 4.79 Å². The molecule has 1 rings (SSSR count). The molecule has 0 aliphatic heterocycles. The summed E-state index contributed by atoms with van der Waals surface area (Å²) in [6, 6.07) is 4.75. The van der Waals surface area contributed by atoms with Crippen LogP contribution in [0, 0.1) is 12.8 Å². The van der Waals surface area contributed by atoms with Gasteiger partial charge in [0.1, 0.15) is 0 Å². The van der Waals surface area contributed by atoms with Gasteiger partial charge in [0.15, 0.2) is 0 Å². The van der Waals surface area contributed by atoms with Gasteiger partial charge in [-0.2, -0.15) is 0 Å². The van der Waals surface area contributed by atoms with Gasteiger partial charge in [0, 0.05) is 25.3 Å². The summed E-state index contributed by atoms with van der Waals surface area (Å²) in [5.41, 5.74) is 7.90. The van der Waals surface area contributed by atoms with Crippen LogP contribution in [0.3, 0.4) is 0 Å². The Kier molecular flexibility index (Phi) is 5.90. The summed E-state index contributed by atoms with van der Waals surface area (Å²) in [4.78, 5) is 25.6. The molecule has 0 aliphatic carbocycles. The van der Waals surface area contributed by atoms with Gasteiger partial charge in [0.2, 0.25) is 5.91 Å². The van der Waals surface area contributed by atoms with Gasteiger partial charge in [0.25, 0.3) is 5.91 Å². The number of nitrogens with zero attached hydrogens (tertiary/aromatic N) is 1. The first-order chi connectivity index (χ1) is 9.72. The van der Waals surface area contributed by atoms with Crippen molar-refractivity contribution in [1.29, 1.82) is 0 Å². The topological polar surface area (TPSA) is 75.4 Å². The van der Waals surface area contributed by atoms with Crippen LogP contribution in [-0.4, -0.2) is 36.9 Å². The molecule has 3 N–H and O–H groups in total. The molecule has 0 bridgehead atoms. The number of nitrogens with two attached hydrogens (primary N) is 1. The number of carbonyl (C=O) groups is 2. The van der Waals surface area contributed by atoms with Gasteiger partial charge in [-0.05, 0) is 37.0 Å². The van der Waals surface area contributed by atoms with Crippen LogP contribution in [0.15, 0.2) is 18.2 Å². The zero-order chi connectivity index (χ0) is 16.2. The van der Waals surface area contributed by atoms with Crippen LogP contribution in [0.4, 0.5) is 5.69 Å². The molecule has 116 valence electrons. The van der Waals surface area contributed by atoms with Gasteiger partial charge >= 0.3 is 0 Å². The largest absolute Gasteiger partial charge is 0.345 e. The summed E-state index contributed by atoms with van der Waals surface area (Å²) in [6.45, 7) is 5.91. The minimum Gasteiger partial charge on any atom is -0.345 e. The van der Waals surface area contributed by atoms with Gasteiger partial charge in [-0.1, -0.05) is 19.9 Å². The van der Waals surface area contributed by atoms with Gasteiger partial charge in [-0.25, -0.2) is 0 Å². The van der Waals surface area contributed by atoms with Crippen molar-refractivity contribution < 1.29 is 9.59 Å². The average Bonchev–Trinajstić information content (AvgIpc) is 2.39. The Balaban J connectivity index is 2.88. The standard InChI is InChI=1S/C16H25N3O2/c1-10(2)8-14(17)15(20)18-12-7-6-11(3)13(9-12)16(21)19(4)5/h6-7,9-10,14H,8,17H2,1-5H3,(H,18,20)/t14-/m0/s1. The lowest BCUT2D eigenvalue weighted by atomic mass is 10.0. The highest BCUT2D eigenvalue weighted by atomic mass is 16.2. The minimum atomic E-state index is -0.542. The predicted octanol–water partition coefficient (Wildman–Crippen LogP) is 2.01. The Morgan fingerprint density at radius 1 is 1.29 bits per heavy atom. The molecule has 0 radical (unpaired) electrons. The molecule has 1 aromatic rings. The Hall–Kier alpha value is -1.88. The maximum Gasteiger partial charge on any atom is 0.253 e. The molecule has 0 saturated carbocycles. The monoisotopic (exact) mass is 291 g/mol. The molecule has 21 heavy (non-hydrogen) atoms. The number of benzene rings is 1. The predicted molar refractivity (Wildman–Crippen MR) is 85.3 cm³/mol. The Labute approximate surface area is 126 Å². The Morgan fingerprint density at radius 2 is 1.90 bits per heavy atom. The molecule has 0 saturated heterocycles. The van der Waals surface area contributed by atoms with Crippen molar-refractivity contribution >= 4 is 17.5 Å². The summed E-state index contributed by atoms with van der Waals surface area (Å²) >= 11 is 0. The van der Waals surface area contributed by atoms with Crippen molar-refractivity contribution in [2.75, 3.05) is 19.4 Å². The molecule has 5 nitrogen and oxygen atoms in total. The van der Waals surface area contributed by atoms with Crippen LogP contribution >= 0.6 is 0 Å². The second-order valence-corrected chi connectivity index (χ2v) is 5.95. The molecule has 0 aliphatic rings. The highest BCUT2D eigenvalue weighted by molar-refractivity contribution is 5.99. The molecular weight excluding hydrogens is 266 g/mol. The Morgan fingerprint density at radius 3 is 2.43 bits per heavy atom. The van der Waals surface area contributed by atoms with Crippen molar-refractivity contribution in [2.24, 2.45) is 11.7 Å². The van der Waals surface area contributed by atoms with Crippen molar-refractivity contribution in [1.82, 2.24) is 4.90 Å². The van der Waals surface area contributed by atoms with Crippen molar-refractivity contribution in [3.8, 4) is 0 Å². The number of amides is 2. The Bertz CT molecular complexity index is 524. The first-order valence-corrected chi connectivity index (χ1v) is 7.11. The van der Waals surface area contributed by atoms with Crippen LogP contribution in [0.2, 0.25) is 0 Å². The maximum atomic E-state index is 12.1. The van der Waals surface area contributed by atoms with E-state index in [9.17, 15) is 9.59 Å². The summed E-state index contributed by atoms with van der Waals surface area (Å²) in [5.74, 6) is 0.0422. The van der Waals surface area contributed by atoms with Gasteiger partial charge in [0.05, 0.1) is 6.04 Å². The number of aryl methyl sites for hydroxylation is 1. The first kappa shape index (κ1) is 17.2. The van der Waals surface area contributed by atoms with E-state index in [1.54, 1.807) is 26.2 Å². The second kappa shape index (κ2) is 7.22. The van der Waals surface area contributed by atoms with E-state index in [1.807, 2.05) is 26.8 Å². The number of anilines is 1. The van der Waals surface area contributed by atoms with Gasteiger partial charge < -0.3 is 16.0 Å². The molecular formula is C16H25N3O2. The second-order valence-electron chi connectivity index (χ2n) is 5.95. The SMILES string of the molecule is Cc1ccc(NC(=O)[C@@H](N)CC(C)C)cc1C(=O)N(C)C. The summed E-state index contributed by atoms with van der Waals surface area (Å²) in [6.07, 6.45) is 0.626. The highest BCUT2D eigenvalue weighted by Gasteiger charge is 2.17. The summed E-state index contributed by atoms with van der Waals surface area (Å²) in [7, 11) is 3.40. The molecule has 0 unspecified atom stereocenters. The third-order valence-corrected chi connectivity index (χ3v) is 3.20. The van der Waals surface area contributed by atoms with E-state index >= 15 is 0 Å². The molecule has 0 aromatic heterocycles. The maximum absolute atomic E-state index is 12.1. The quantitative estimate of drug-likeness (QED) is 0.871. The summed E-state index contributed by atoms with van der Waals surface area (Å²) < 4.78 is 0. The lowest BCUT2D eigenvalue weighted by Crippen LogP contribution is -2.36. The van der Waals surface area contributed by atoms with E-state index in [4.69, 9.17) is 5.73 Å². The van der Waals surface area contributed by atoms with Crippen LogP contribution in [0.25, 0.3) is 0 Å². The molecule has 1 atom stereocenters. The lowest BCUT2D eigenvalue weighted by molar-refractivity contribution is -0.117. The lowest BCUT2D eigenvalue weighted by Gasteiger charge is -2.16. The van der Waals surface area contributed by atoms with E-state index in [0.29, 0.717) is 23.6 Å². The first-order valence-electron chi connectivity index (χ1n) is 7.11. The smallest absolute Gasteiger partial charge is 0.253 e. The van der Waals surface area contributed by atoms with Crippen molar-refractivity contribution in [2.45, 2.75) is 33.2 Å². The molecule has 1 aromatic carbocycles. The van der Waals surface area contributed by atoms with Crippen LogP contribution in [0.1, 0.15) is 36.2 Å². The fourth-order valence-electron chi connectivity index (χ4n) is 2.02. The van der Waals surface area contributed by atoms with E-state index in [2.05, 4.69) is 5.32 Å². The number of hydrogen-bond acceptors (Lipinski definition) is 3. The van der Waals surface area contributed by atoms with Gasteiger partial charge in [-0.3, -0.25) is 9.59 Å². The number of carbonyl (C=O) groups excluding carboxylic acids is 2. The van der Waals surface area contributed by atoms with Crippen molar-refractivity contribution in [3.05, 3.63) is 29.3 Å². The molecule has 0 spiro atoms. The van der Waals surface area contributed by atoms with Crippen LogP contribution < -0.4 is 11.1 Å². The fourth-order valence-corrected chi connectivity index (χ4v) is 2.02. The zero-order valence-corrected chi connectivity index (χ0v) is 13.4. The third-order valence-electron chi connectivity index (χ3n) is 3.20. The molecule has 0 heterocycles. The normalized spacial score (nSPS) is 12.1. The van der Waals surface area contributed by atoms with E-state index in [1.165, 1.54) is 4.90 Å². The average molecular weight is 291 g/mol. The van der Waals surface area contributed by atoms with Gasteiger partial charge in [-0.15, -0.1) is 0 Å². The number of rotatable bonds is 5. The highest BCUT2D eigenvalue weighted by Crippen LogP contribution is 2.17. The number of nitrogens with one attached hydrogen (secondary N) is 1. The van der Waals surface area contributed by atoms with Crippen molar-refractivity contribution in [3.63, 3.8) is 0 Å². The number of hydrogen-bond donors (Lipinski definition) is 2. The van der Waals surface area contributed by atoms with E-state index in [-0.39, 0.29) is 11.8 Å². The third kappa shape index (κ3) is 4.86. The zero-order valence-electron chi connectivity index (χ0n) is 13.4. The van der Waals surface area contributed by atoms with Crippen LogP contribution in [0.5, 0.6) is 0 Å². The fraction of sp³-hybridized carbons (Fsp3) is 0.500. The van der Waals surface area contributed by atoms with E-state index < -0.39 is 6.04 Å². The molecule has 0 fully saturated rings. The minimum absolute atomic E-state index is 0.0879. The molecule has 2 amide bonds. The summed E-state index contributed by atoms with van der Waals surface area (Å²) in [5, 5.41) is 2.77. The van der Waals surface area contributed by atoms with E-state index in [0.717, 1.165) is 5.56 Å².